The number of aromatic nitrogens is 1. The molecule has 2 amide bonds. The molecule has 2 aliphatic carbocycles. The van der Waals surface area contributed by atoms with Crippen LogP contribution in [0, 0.1) is 11.8 Å². The normalized spacial score (nSPS) is 23.2. The zero-order chi connectivity index (χ0) is 26.7. The molecule has 8 nitrogen and oxygen atoms in total. The molecule has 4 N–H and O–H groups in total. The van der Waals surface area contributed by atoms with Crippen molar-refractivity contribution in [2.75, 3.05) is 0 Å². The summed E-state index contributed by atoms with van der Waals surface area (Å²) in [6, 6.07) is 8.57. The van der Waals surface area contributed by atoms with Gasteiger partial charge in [-0.1, -0.05) is 69.6 Å². The third kappa shape index (κ3) is 5.79. The van der Waals surface area contributed by atoms with Gasteiger partial charge in [-0.2, -0.15) is 0 Å². The predicted octanol–water partition coefficient (Wildman–Crippen LogP) is 4.59. The van der Waals surface area contributed by atoms with Crippen LogP contribution in [-0.4, -0.2) is 45.2 Å². The van der Waals surface area contributed by atoms with Crippen LogP contribution in [0.2, 0.25) is 0 Å². The minimum Gasteiger partial charge on any atom is -0.475 e. The first-order valence-corrected chi connectivity index (χ1v) is 14.3. The van der Waals surface area contributed by atoms with E-state index in [9.17, 15) is 24.3 Å². The second-order valence-electron chi connectivity index (χ2n) is 11.8. The second kappa shape index (κ2) is 11.3. The molecule has 2 heterocycles. The van der Waals surface area contributed by atoms with Crippen LogP contribution < -0.4 is 10.6 Å². The highest BCUT2D eigenvalue weighted by Gasteiger charge is 2.46. The molecule has 1 saturated heterocycles. The van der Waals surface area contributed by atoms with E-state index in [0.29, 0.717) is 18.8 Å². The number of aromatic amines is 1. The van der Waals surface area contributed by atoms with Gasteiger partial charge < -0.3 is 20.7 Å². The first-order valence-electron chi connectivity index (χ1n) is 14.3. The first kappa shape index (κ1) is 26.4. The van der Waals surface area contributed by atoms with Gasteiger partial charge >= 0.3 is 5.97 Å². The Morgan fingerprint density at radius 2 is 1.71 bits per heavy atom. The summed E-state index contributed by atoms with van der Waals surface area (Å²) in [5.41, 5.74) is 1.45. The Labute approximate surface area is 223 Å². The number of carboxylic acids is 1. The number of para-hydroxylation sites is 1. The third-order valence-electron chi connectivity index (χ3n) is 9.11. The average Bonchev–Trinajstić information content (AvgIpc) is 3.47. The van der Waals surface area contributed by atoms with Crippen LogP contribution in [0.3, 0.4) is 0 Å². The second-order valence-corrected chi connectivity index (χ2v) is 11.8. The van der Waals surface area contributed by atoms with Gasteiger partial charge in [0.25, 0.3) is 5.78 Å². The number of hydrogen-bond acceptors (Lipinski definition) is 4. The monoisotopic (exact) mass is 521 g/mol. The van der Waals surface area contributed by atoms with Crippen molar-refractivity contribution in [3.05, 3.63) is 36.0 Å². The predicted molar refractivity (Wildman–Crippen MR) is 143 cm³/mol. The number of fused-ring (bicyclic) bond motifs is 1. The maximum absolute atomic E-state index is 13.8. The fourth-order valence-electron chi connectivity index (χ4n) is 7.08. The van der Waals surface area contributed by atoms with Crippen molar-refractivity contribution in [1.29, 1.82) is 0 Å². The van der Waals surface area contributed by atoms with Crippen molar-refractivity contribution in [2.24, 2.45) is 11.8 Å². The molecule has 8 heteroatoms. The largest absolute Gasteiger partial charge is 0.475 e. The number of carbonyl (C=O) groups is 4. The van der Waals surface area contributed by atoms with E-state index in [0.717, 1.165) is 74.4 Å². The minimum atomic E-state index is -1.59. The molecule has 204 valence electrons. The lowest BCUT2D eigenvalue weighted by Gasteiger charge is -2.33. The number of H-pyrrole nitrogens is 1. The molecular formula is C30H39N3O5. The van der Waals surface area contributed by atoms with Gasteiger partial charge in [-0.3, -0.25) is 14.4 Å². The molecular weight excluding hydrogens is 482 g/mol. The van der Waals surface area contributed by atoms with Crippen molar-refractivity contribution in [1.82, 2.24) is 15.6 Å². The first-order chi connectivity index (χ1) is 18.3. The Hall–Kier alpha value is -3.16. The number of hydrogen-bond donors (Lipinski definition) is 4. The summed E-state index contributed by atoms with van der Waals surface area (Å²) in [6.45, 7) is 0. The standard InChI is InChI=1S/C30H39N3O5/c34-26(29(37)38)25(17-21-18-30(33-27(21)35)13-7-2-8-14-30)32-28(36)22(15-19-9-3-1-4-10-19)24-16-20-11-5-6-12-23(20)31-24/h5-6,11-12,16,19,21-22,25,31H,1-4,7-10,13-15,17-18H2,(H,32,36)(H,33,35)(H,37,38)/t21?,22-,25?/m1/s1. The molecule has 1 aliphatic heterocycles. The molecule has 0 bridgehead atoms. The van der Waals surface area contributed by atoms with E-state index in [2.05, 4.69) is 15.6 Å². The zero-order valence-corrected chi connectivity index (χ0v) is 22.0. The van der Waals surface area contributed by atoms with Gasteiger partial charge in [0.05, 0.1) is 12.0 Å². The quantitative estimate of drug-likeness (QED) is 0.359. The molecule has 0 radical (unpaired) electrons. The number of Topliss-reactive ketones (excluding diaryl/α,β-unsaturated/α-hetero) is 1. The Morgan fingerprint density at radius 1 is 1.00 bits per heavy atom. The number of benzene rings is 1. The van der Waals surface area contributed by atoms with Crippen molar-refractivity contribution < 1.29 is 24.3 Å². The maximum Gasteiger partial charge on any atom is 0.374 e. The summed E-state index contributed by atoms with van der Waals surface area (Å²) in [5, 5.41) is 16.5. The molecule has 38 heavy (non-hydrogen) atoms. The van der Waals surface area contributed by atoms with Gasteiger partial charge in [-0.15, -0.1) is 0 Å². The molecule has 1 spiro atoms. The van der Waals surface area contributed by atoms with Gasteiger partial charge in [0.2, 0.25) is 11.8 Å². The van der Waals surface area contributed by atoms with Crippen molar-refractivity contribution >= 4 is 34.5 Å². The molecule has 5 rings (SSSR count). The van der Waals surface area contributed by atoms with Gasteiger partial charge in [-0.25, -0.2) is 4.79 Å². The summed E-state index contributed by atoms with van der Waals surface area (Å²) in [7, 11) is 0. The minimum absolute atomic E-state index is 0.00725. The van der Waals surface area contributed by atoms with Crippen LogP contribution >= 0.6 is 0 Å². The lowest BCUT2D eigenvalue weighted by atomic mass is 9.78. The van der Waals surface area contributed by atoms with Crippen molar-refractivity contribution in [3.63, 3.8) is 0 Å². The van der Waals surface area contributed by atoms with E-state index < -0.39 is 29.6 Å². The van der Waals surface area contributed by atoms with Crippen LogP contribution in [0.25, 0.3) is 10.9 Å². The van der Waals surface area contributed by atoms with Crippen LogP contribution in [0.5, 0.6) is 0 Å². The number of aliphatic carboxylic acids is 1. The van der Waals surface area contributed by atoms with Crippen LogP contribution in [0.15, 0.2) is 30.3 Å². The Morgan fingerprint density at radius 3 is 2.42 bits per heavy atom. The SMILES string of the molecule is O=C(O)C(=O)C(CC1CC2(CCCCC2)NC1=O)NC(=O)[C@H](CC1CCCCC1)c1cc2ccccc2[nH]1. The Kier molecular flexibility index (Phi) is 7.86. The summed E-state index contributed by atoms with van der Waals surface area (Å²) in [4.78, 5) is 54.6. The number of amides is 2. The highest BCUT2D eigenvalue weighted by atomic mass is 16.4. The average molecular weight is 522 g/mol. The van der Waals surface area contributed by atoms with Crippen LogP contribution in [-0.2, 0) is 19.2 Å². The smallest absolute Gasteiger partial charge is 0.374 e. The van der Waals surface area contributed by atoms with E-state index >= 15 is 0 Å². The molecule has 3 fully saturated rings. The van der Waals surface area contributed by atoms with E-state index in [1.54, 1.807) is 0 Å². The summed E-state index contributed by atoms with van der Waals surface area (Å²) >= 11 is 0. The summed E-state index contributed by atoms with van der Waals surface area (Å²) in [6.07, 6.45) is 11.9. The number of ketones is 1. The number of carboxylic acid groups (broad SMARTS) is 1. The van der Waals surface area contributed by atoms with Gasteiger partial charge in [0, 0.05) is 22.7 Å². The lowest BCUT2D eigenvalue weighted by molar-refractivity contribution is -0.151. The summed E-state index contributed by atoms with van der Waals surface area (Å²) in [5.74, 6) is -3.78. The van der Waals surface area contributed by atoms with Crippen molar-refractivity contribution in [3.8, 4) is 0 Å². The molecule has 2 aromatic rings. The lowest BCUT2D eigenvalue weighted by Crippen LogP contribution is -2.47. The number of carbonyl (C=O) groups excluding carboxylic acids is 3. The number of rotatable bonds is 9. The van der Waals surface area contributed by atoms with E-state index in [-0.39, 0.29) is 23.8 Å². The molecule has 2 unspecified atom stereocenters. The summed E-state index contributed by atoms with van der Waals surface area (Å²) < 4.78 is 0. The maximum atomic E-state index is 13.8. The highest BCUT2D eigenvalue weighted by molar-refractivity contribution is 6.35. The highest BCUT2D eigenvalue weighted by Crippen LogP contribution is 2.40. The topological polar surface area (TPSA) is 128 Å². The number of nitrogens with one attached hydrogen (secondary N) is 3. The fraction of sp³-hybridized carbons (Fsp3) is 0.600. The van der Waals surface area contributed by atoms with Gasteiger partial charge in [-0.05, 0) is 55.5 Å². The molecule has 1 aromatic carbocycles. The zero-order valence-electron chi connectivity index (χ0n) is 22.0. The van der Waals surface area contributed by atoms with E-state index in [1.807, 2.05) is 30.3 Å². The van der Waals surface area contributed by atoms with E-state index in [4.69, 9.17) is 0 Å². The van der Waals surface area contributed by atoms with Crippen molar-refractivity contribution in [2.45, 2.75) is 101 Å². The van der Waals surface area contributed by atoms with Crippen LogP contribution in [0.1, 0.15) is 95.1 Å². The fourth-order valence-corrected chi connectivity index (χ4v) is 7.08. The Balaban J connectivity index is 1.36. The molecule has 3 aliphatic rings. The molecule has 1 aromatic heterocycles. The van der Waals surface area contributed by atoms with Crippen LogP contribution in [0.4, 0.5) is 0 Å². The Bertz CT molecular complexity index is 1160. The third-order valence-corrected chi connectivity index (χ3v) is 9.11. The van der Waals surface area contributed by atoms with Gasteiger partial charge in [0.15, 0.2) is 0 Å². The van der Waals surface area contributed by atoms with E-state index in [1.165, 1.54) is 6.42 Å². The van der Waals surface area contributed by atoms with Gasteiger partial charge in [0.1, 0.15) is 0 Å². The molecule has 2 saturated carbocycles. The molecule has 3 atom stereocenters.